The highest BCUT2D eigenvalue weighted by Gasteiger charge is 2.36. The molecule has 0 saturated carbocycles. The minimum atomic E-state index is 0.609. The van der Waals surface area contributed by atoms with Crippen LogP contribution in [0, 0.1) is 11.7 Å². The molecule has 0 aromatic carbocycles. The Kier molecular flexibility index (Phi) is 2.64. The molecule has 0 radical (unpaired) electrons. The fraction of sp³-hybridized carbons (Fsp3) is 0.750. The maximum Gasteiger partial charge on any atom is 0.177 e. The maximum atomic E-state index is 5.39. The van der Waals surface area contributed by atoms with Gasteiger partial charge in [0.05, 0.1) is 6.04 Å². The highest BCUT2D eigenvalue weighted by atomic mass is 32.1. The van der Waals surface area contributed by atoms with Crippen molar-refractivity contribution in [2.24, 2.45) is 0 Å². The molecule has 3 nitrogen and oxygen atoms in total. The number of aromatic nitrogens is 2. The Hall–Kier alpha value is -0.610. The highest BCUT2D eigenvalue weighted by Crippen LogP contribution is 2.35. The third kappa shape index (κ3) is 1.64. The predicted octanol–water partition coefficient (Wildman–Crippen LogP) is 2.65. The lowest BCUT2D eigenvalue weighted by Crippen LogP contribution is -2.37. The van der Waals surface area contributed by atoms with Crippen molar-refractivity contribution in [2.75, 3.05) is 13.1 Å². The van der Waals surface area contributed by atoms with Gasteiger partial charge in [-0.1, -0.05) is 6.42 Å². The number of hydrogen-bond donors (Lipinski definition) is 1. The zero-order chi connectivity index (χ0) is 11.1. The van der Waals surface area contributed by atoms with Crippen molar-refractivity contribution in [1.29, 1.82) is 0 Å². The largest absolute Gasteiger partial charge is 0.335 e. The second-order valence-electron chi connectivity index (χ2n) is 5.10. The first-order valence-corrected chi connectivity index (χ1v) is 6.68. The first kappa shape index (κ1) is 10.5. The third-order valence-corrected chi connectivity index (χ3v) is 4.36. The van der Waals surface area contributed by atoms with Gasteiger partial charge in [0.15, 0.2) is 4.77 Å². The molecule has 1 aromatic rings. The molecular formula is C12H19N3S. The van der Waals surface area contributed by atoms with Crippen LogP contribution in [0.5, 0.6) is 0 Å². The second-order valence-corrected chi connectivity index (χ2v) is 5.49. The summed E-state index contributed by atoms with van der Waals surface area (Å²) in [5.41, 5.74) is 1.18. The van der Waals surface area contributed by atoms with E-state index in [0.29, 0.717) is 6.04 Å². The minimum absolute atomic E-state index is 0.609. The first-order chi connectivity index (χ1) is 7.75. The Bertz CT molecular complexity index is 434. The highest BCUT2D eigenvalue weighted by molar-refractivity contribution is 7.71. The molecule has 88 valence electrons. The van der Waals surface area contributed by atoms with Gasteiger partial charge in [0, 0.05) is 24.5 Å². The Morgan fingerprint density at radius 1 is 1.25 bits per heavy atom. The van der Waals surface area contributed by atoms with Crippen LogP contribution < -0.4 is 0 Å². The average molecular weight is 237 g/mol. The summed E-state index contributed by atoms with van der Waals surface area (Å²) in [6.07, 6.45) is 7.55. The van der Waals surface area contributed by atoms with E-state index in [0.717, 1.165) is 10.8 Å². The molecule has 1 N–H and O–H groups in total. The number of rotatable bonds is 1. The second kappa shape index (κ2) is 4.00. The summed E-state index contributed by atoms with van der Waals surface area (Å²) in [5, 5.41) is 0. The van der Waals surface area contributed by atoms with Crippen molar-refractivity contribution >= 4 is 12.2 Å². The minimum Gasteiger partial charge on any atom is -0.335 e. The molecule has 0 amide bonds. The van der Waals surface area contributed by atoms with E-state index in [1.54, 1.807) is 0 Å². The SMILES string of the molecule is Cc1cn(C2CCN3CCCCC23)c(=S)[nH]1. The molecule has 3 heterocycles. The summed E-state index contributed by atoms with van der Waals surface area (Å²) in [5.74, 6) is 0. The van der Waals surface area contributed by atoms with Crippen LogP contribution in [0.4, 0.5) is 0 Å². The normalized spacial score (nSPS) is 30.6. The average Bonchev–Trinajstić information content (AvgIpc) is 2.81. The van der Waals surface area contributed by atoms with Crippen molar-refractivity contribution in [2.45, 2.75) is 44.7 Å². The Morgan fingerprint density at radius 3 is 2.88 bits per heavy atom. The standard InChI is InChI=1S/C12H19N3S/c1-9-8-15(12(16)13-9)11-5-7-14-6-3-2-4-10(11)14/h8,10-11H,2-7H2,1H3,(H,13,16). The Morgan fingerprint density at radius 2 is 2.12 bits per heavy atom. The number of hydrogen-bond acceptors (Lipinski definition) is 2. The topological polar surface area (TPSA) is 24.0 Å². The lowest BCUT2D eigenvalue weighted by atomic mass is 9.99. The molecule has 0 spiro atoms. The number of imidazole rings is 1. The molecule has 1 aromatic heterocycles. The molecule has 16 heavy (non-hydrogen) atoms. The number of fused-ring (bicyclic) bond motifs is 1. The van der Waals surface area contributed by atoms with E-state index >= 15 is 0 Å². The molecule has 2 saturated heterocycles. The number of nitrogens with one attached hydrogen (secondary N) is 1. The van der Waals surface area contributed by atoms with E-state index in [-0.39, 0.29) is 0 Å². The molecule has 2 unspecified atom stereocenters. The third-order valence-electron chi connectivity index (χ3n) is 4.05. The van der Waals surface area contributed by atoms with E-state index in [2.05, 4.69) is 27.6 Å². The molecule has 2 atom stereocenters. The van der Waals surface area contributed by atoms with Gasteiger partial charge in [-0.2, -0.15) is 0 Å². The van der Waals surface area contributed by atoms with Crippen molar-refractivity contribution in [3.8, 4) is 0 Å². The van der Waals surface area contributed by atoms with Crippen LogP contribution >= 0.6 is 12.2 Å². The summed E-state index contributed by atoms with van der Waals surface area (Å²) in [6, 6.07) is 1.34. The van der Waals surface area contributed by atoms with Gasteiger partial charge in [0.1, 0.15) is 0 Å². The van der Waals surface area contributed by atoms with Gasteiger partial charge in [0.25, 0.3) is 0 Å². The van der Waals surface area contributed by atoms with Crippen molar-refractivity contribution < 1.29 is 0 Å². The summed E-state index contributed by atoms with van der Waals surface area (Å²) in [7, 11) is 0. The molecule has 4 heteroatoms. The quantitative estimate of drug-likeness (QED) is 0.759. The van der Waals surface area contributed by atoms with E-state index < -0.39 is 0 Å². The predicted molar refractivity (Wildman–Crippen MR) is 67.2 cm³/mol. The zero-order valence-corrected chi connectivity index (χ0v) is 10.6. The molecule has 2 aliphatic heterocycles. The van der Waals surface area contributed by atoms with Crippen molar-refractivity contribution in [1.82, 2.24) is 14.5 Å². The van der Waals surface area contributed by atoms with E-state index in [4.69, 9.17) is 12.2 Å². The van der Waals surface area contributed by atoms with Crippen LogP contribution in [-0.2, 0) is 0 Å². The van der Waals surface area contributed by atoms with Gasteiger partial charge in [-0.05, 0) is 44.9 Å². The van der Waals surface area contributed by atoms with Gasteiger partial charge < -0.3 is 9.55 Å². The number of aromatic amines is 1. The first-order valence-electron chi connectivity index (χ1n) is 6.27. The van der Waals surface area contributed by atoms with Gasteiger partial charge in [-0.25, -0.2) is 0 Å². The lowest BCUT2D eigenvalue weighted by molar-refractivity contribution is 0.173. The monoisotopic (exact) mass is 237 g/mol. The number of piperidine rings is 1. The fourth-order valence-electron chi connectivity index (χ4n) is 3.32. The van der Waals surface area contributed by atoms with Gasteiger partial charge in [-0.3, -0.25) is 4.90 Å². The smallest absolute Gasteiger partial charge is 0.177 e. The summed E-state index contributed by atoms with van der Waals surface area (Å²) < 4.78 is 3.19. The molecule has 2 aliphatic rings. The van der Waals surface area contributed by atoms with Gasteiger partial charge in [0.2, 0.25) is 0 Å². The van der Waals surface area contributed by atoms with E-state index in [1.807, 2.05) is 0 Å². The maximum absolute atomic E-state index is 5.39. The van der Waals surface area contributed by atoms with Crippen LogP contribution in [0.2, 0.25) is 0 Å². The summed E-state index contributed by atoms with van der Waals surface area (Å²) >= 11 is 5.39. The number of nitrogens with zero attached hydrogens (tertiary/aromatic N) is 2. The van der Waals surface area contributed by atoms with Gasteiger partial charge in [-0.15, -0.1) is 0 Å². The van der Waals surface area contributed by atoms with E-state index in [9.17, 15) is 0 Å². The van der Waals surface area contributed by atoms with Crippen LogP contribution in [0.15, 0.2) is 6.20 Å². The lowest BCUT2D eigenvalue weighted by Gasteiger charge is -2.32. The number of aryl methyl sites for hydroxylation is 1. The van der Waals surface area contributed by atoms with Crippen LogP contribution in [0.3, 0.4) is 0 Å². The summed E-state index contributed by atoms with van der Waals surface area (Å²) in [4.78, 5) is 5.89. The summed E-state index contributed by atoms with van der Waals surface area (Å²) in [6.45, 7) is 4.62. The van der Waals surface area contributed by atoms with Gasteiger partial charge >= 0.3 is 0 Å². The Labute approximate surface area is 101 Å². The fourth-order valence-corrected chi connectivity index (χ4v) is 3.67. The van der Waals surface area contributed by atoms with E-state index in [1.165, 1.54) is 44.5 Å². The molecular weight excluding hydrogens is 218 g/mol. The molecule has 0 aliphatic carbocycles. The Balaban J connectivity index is 1.90. The van der Waals surface area contributed by atoms with Crippen LogP contribution in [0.1, 0.15) is 37.4 Å². The van der Waals surface area contributed by atoms with Crippen molar-refractivity contribution in [3.63, 3.8) is 0 Å². The molecule has 3 rings (SSSR count). The van der Waals surface area contributed by atoms with Crippen molar-refractivity contribution in [3.05, 3.63) is 16.7 Å². The van der Waals surface area contributed by atoms with Crippen LogP contribution in [-0.4, -0.2) is 33.6 Å². The molecule has 0 bridgehead atoms. The zero-order valence-electron chi connectivity index (χ0n) is 9.78. The van der Waals surface area contributed by atoms with Crippen LogP contribution in [0.25, 0.3) is 0 Å². The molecule has 2 fully saturated rings. The number of H-pyrrole nitrogens is 1.